The van der Waals surface area contributed by atoms with E-state index in [1.54, 1.807) is 0 Å². The summed E-state index contributed by atoms with van der Waals surface area (Å²) in [6.45, 7) is 9.05. The molecule has 1 aliphatic heterocycles. The Labute approximate surface area is 122 Å². The molecule has 2 unspecified atom stereocenters. The van der Waals surface area contributed by atoms with Crippen LogP contribution in [0.5, 0.6) is 5.75 Å². The van der Waals surface area contributed by atoms with Crippen LogP contribution in [0.4, 0.5) is 0 Å². The van der Waals surface area contributed by atoms with E-state index in [9.17, 15) is 0 Å². The molecule has 1 saturated heterocycles. The van der Waals surface area contributed by atoms with Crippen LogP contribution in [-0.4, -0.2) is 31.9 Å². The lowest BCUT2D eigenvalue weighted by Gasteiger charge is -2.20. The largest absolute Gasteiger partial charge is 0.492 e. The molecule has 1 heterocycles. The first-order valence-corrected chi connectivity index (χ1v) is 7.74. The van der Waals surface area contributed by atoms with Crippen LogP contribution in [-0.2, 0) is 4.74 Å². The molecule has 1 aromatic rings. The average Bonchev–Trinajstić information content (AvgIpc) is 2.98. The SMILES string of the molecule is CC(C)c1cccc(OCCNC(C)C2CCCO2)c1. The molecule has 0 saturated carbocycles. The molecule has 1 aromatic carbocycles. The van der Waals surface area contributed by atoms with Crippen LogP contribution < -0.4 is 10.1 Å². The predicted octanol–water partition coefficient (Wildman–Crippen LogP) is 3.35. The Balaban J connectivity index is 1.69. The van der Waals surface area contributed by atoms with Crippen molar-refractivity contribution in [3.05, 3.63) is 29.8 Å². The number of ether oxygens (including phenoxy) is 2. The molecule has 0 aromatic heterocycles. The van der Waals surface area contributed by atoms with E-state index in [0.29, 0.717) is 24.7 Å². The smallest absolute Gasteiger partial charge is 0.119 e. The molecule has 0 radical (unpaired) electrons. The van der Waals surface area contributed by atoms with Crippen LogP contribution in [0, 0.1) is 0 Å². The topological polar surface area (TPSA) is 30.5 Å². The zero-order valence-corrected chi connectivity index (χ0v) is 12.9. The van der Waals surface area contributed by atoms with E-state index in [1.165, 1.54) is 18.4 Å². The van der Waals surface area contributed by atoms with Crippen molar-refractivity contribution in [3.8, 4) is 5.75 Å². The molecule has 3 heteroatoms. The maximum Gasteiger partial charge on any atom is 0.119 e. The summed E-state index contributed by atoms with van der Waals surface area (Å²) in [6.07, 6.45) is 2.74. The second kappa shape index (κ2) is 7.65. The van der Waals surface area contributed by atoms with Crippen LogP contribution in [0.15, 0.2) is 24.3 Å². The Kier molecular flexibility index (Phi) is 5.86. The number of benzene rings is 1. The third-order valence-corrected chi connectivity index (χ3v) is 3.88. The van der Waals surface area contributed by atoms with Gasteiger partial charge in [-0.2, -0.15) is 0 Å². The first kappa shape index (κ1) is 15.3. The molecule has 0 amide bonds. The zero-order valence-electron chi connectivity index (χ0n) is 12.9. The predicted molar refractivity (Wildman–Crippen MR) is 82.5 cm³/mol. The fourth-order valence-corrected chi connectivity index (χ4v) is 2.55. The molecule has 1 aliphatic rings. The minimum Gasteiger partial charge on any atom is -0.492 e. The van der Waals surface area contributed by atoms with Gasteiger partial charge in [-0.15, -0.1) is 0 Å². The molecule has 3 nitrogen and oxygen atoms in total. The second-order valence-corrected chi connectivity index (χ2v) is 5.87. The van der Waals surface area contributed by atoms with Crippen molar-refractivity contribution in [2.75, 3.05) is 19.8 Å². The van der Waals surface area contributed by atoms with Gasteiger partial charge < -0.3 is 14.8 Å². The molecular formula is C17H27NO2. The van der Waals surface area contributed by atoms with Crippen LogP contribution in [0.25, 0.3) is 0 Å². The van der Waals surface area contributed by atoms with Crippen LogP contribution in [0.1, 0.15) is 45.1 Å². The quantitative estimate of drug-likeness (QED) is 0.775. The van der Waals surface area contributed by atoms with Gasteiger partial charge in [-0.05, 0) is 43.4 Å². The standard InChI is InChI=1S/C17H27NO2/c1-13(2)15-6-4-7-16(12-15)19-11-9-18-14(3)17-8-5-10-20-17/h4,6-7,12-14,17-18H,5,8-11H2,1-3H3. The summed E-state index contributed by atoms with van der Waals surface area (Å²) in [5.41, 5.74) is 1.32. The summed E-state index contributed by atoms with van der Waals surface area (Å²) in [5.74, 6) is 1.50. The number of nitrogens with one attached hydrogen (secondary N) is 1. The minimum absolute atomic E-state index is 0.374. The lowest BCUT2D eigenvalue weighted by molar-refractivity contribution is 0.0824. The molecule has 1 fully saturated rings. The first-order chi connectivity index (χ1) is 9.66. The Morgan fingerprint density at radius 3 is 2.90 bits per heavy atom. The van der Waals surface area contributed by atoms with Crippen LogP contribution in [0.2, 0.25) is 0 Å². The van der Waals surface area contributed by atoms with Crippen molar-refractivity contribution in [2.24, 2.45) is 0 Å². The van der Waals surface area contributed by atoms with Gasteiger partial charge >= 0.3 is 0 Å². The Morgan fingerprint density at radius 1 is 1.35 bits per heavy atom. The molecule has 1 N–H and O–H groups in total. The number of hydrogen-bond acceptors (Lipinski definition) is 3. The summed E-state index contributed by atoms with van der Waals surface area (Å²) < 4.78 is 11.5. The van der Waals surface area contributed by atoms with E-state index in [0.717, 1.165) is 18.9 Å². The van der Waals surface area contributed by atoms with E-state index in [-0.39, 0.29) is 0 Å². The molecule has 0 spiro atoms. The van der Waals surface area contributed by atoms with Gasteiger partial charge in [0.1, 0.15) is 12.4 Å². The van der Waals surface area contributed by atoms with E-state index in [4.69, 9.17) is 9.47 Å². The Bertz CT molecular complexity index is 400. The summed E-state index contributed by atoms with van der Waals surface area (Å²) in [6, 6.07) is 8.77. The molecule has 2 rings (SSSR count). The summed E-state index contributed by atoms with van der Waals surface area (Å²) in [7, 11) is 0. The van der Waals surface area contributed by atoms with Crippen molar-refractivity contribution in [1.29, 1.82) is 0 Å². The van der Waals surface area contributed by atoms with Gasteiger partial charge in [0, 0.05) is 19.2 Å². The maximum atomic E-state index is 5.81. The fourth-order valence-electron chi connectivity index (χ4n) is 2.55. The molecule has 0 aliphatic carbocycles. The molecular weight excluding hydrogens is 250 g/mol. The van der Waals surface area contributed by atoms with E-state index < -0.39 is 0 Å². The van der Waals surface area contributed by atoms with Gasteiger partial charge in [0.15, 0.2) is 0 Å². The Morgan fingerprint density at radius 2 is 2.20 bits per heavy atom. The van der Waals surface area contributed by atoms with Gasteiger partial charge in [-0.1, -0.05) is 26.0 Å². The third kappa shape index (κ3) is 4.50. The van der Waals surface area contributed by atoms with Gasteiger partial charge in [0.25, 0.3) is 0 Å². The van der Waals surface area contributed by atoms with Crippen molar-refractivity contribution in [2.45, 2.75) is 51.7 Å². The molecule has 20 heavy (non-hydrogen) atoms. The van der Waals surface area contributed by atoms with Crippen LogP contribution in [0.3, 0.4) is 0 Å². The maximum absolute atomic E-state index is 5.81. The normalized spacial score (nSPS) is 20.3. The van der Waals surface area contributed by atoms with E-state index in [2.05, 4.69) is 44.3 Å². The highest BCUT2D eigenvalue weighted by Crippen LogP contribution is 2.20. The van der Waals surface area contributed by atoms with Crippen molar-refractivity contribution in [3.63, 3.8) is 0 Å². The van der Waals surface area contributed by atoms with Gasteiger partial charge in [-0.3, -0.25) is 0 Å². The monoisotopic (exact) mass is 277 g/mol. The molecule has 2 atom stereocenters. The van der Waals surface area contributed by atoms with E-state index in [1.807, 2.05) is 6.07 Å². The molecule has 0 bridgehead atoms. The second-order valence-electron chi connectivity index (χ2n) is 5.87. The highest BCUT2D eigenvalue weighted by atomic mass is 16.5. The zero-order chi connectivity index (χ0) is 14.4. The average molecular weight is 277 g/mol. The summed E-state index contributed by atoms with van der Waals surface area (Å²) in [5, 5.41) is 3.48. The van der Waals surface area contributed by atoms with Crippen molar-refractivity contribution >= 4 is 0 Å². The van der Waals surface area contributed by atoms with Gasteiger partial charge in [0.05, 0.1) is 6.10 Å². The summed E-state index contributed by atoms with van der Waals surface area (Å²) in [4.78, 5) is 0. The highest BCUT2D eigenvalue weighted by molar-refractivity contribution is 5.30. The van der Waals surface area contributed by atoms with Crippen LogP contribution >= 0.6 is 0 Å². The number of hydrogen-bond donors (Lipinski definition) is 1. The lowest BCUT2D eigenvalue weighted by atomic mass is 10.0. The van der Waals surface area contributed by atoms with Crippen molar-refractivity contribution < 1.29 is 9.47 Å². The fraction of sp³-hybridized carbons (Fsp3) is 0.647. The number of rotatable bonds is 7. The summed E-state index contributed by atoms with van der Waals surface area (Å²) >= 11 is 0. The minimum atomic E-state index is 0.374. The first-order valence-electron chi connectivity index (χ1n) is 7.74. The molecule has 112 valence electrons. The van der Waals surface area contributed by atoms with Crippen molar-refractivity contribution in [1.82, 2.24) is 5.32 Å². The Hall–Kier alpha value is -1.06. The highest BCUT2D eigenvalue weighted by Gasteiger charge is 2.21. The van der Waals surface area contributed by atoms with Gasteiger partial charge in [-0.25, -0.2) is 0 Å². The van der Waals surface area contributed by atoms with Gasteiger partial charge in [0.2, 0.25) is 0 Å². The third-order valence-electron chi connectivity index (χ3n) is 3.88. The van der Waals surface area contributed by atoms with E-state index >= 15 is 0 Å². The lowest BCUT2D eigenvalue weighted by Crippen LogP contribution is -2.39.